The molecule has 0 radical (unpaired) electrons. The Morgan fingerprint density at radius 2 is 1.80 bits per heavy atom. The molecule has 2 aromatic rings. The fourth-order valence-electron chi connectivity index (χ4n) is 6.17. The maximum absolute atomic E-state index is 13.9. The summed E-state index contributed by atoms with van der Waals surface area (Å²) in [6.45, 7) is 2.30. The first-order chi connectivity index (χ1) is 16.8. The summed E-state index contributed by atoms with van der Waals surface area (Å²) < 4.78 is 0. The Morgan fingerprint density at radius 3 is 2.43 bits per heavy atom. The molecule has 0 bridgehead atoms. The van der Waals surface area contributed by atoms with E-state index in [1.54, 1.807) is 4.90 Å². The molecule has 2 aromatic carbocycles. The number of carboxylic acids is 1. The van der Waals surface area contributed by atoms with Gasteiger partial charge in [-0.05, 0) is 67.3 Å². The van der Waals surface area contributed by atoms with Crippen molar-refractivity contribution < 1.29 is 19.5 Å². The van der Waals surface area contributed by atoms with E-state index in [2.05, 4.69) is 12.1 Å². The molecule has 2 aliphatic rings. The predicted octanol–water partition coefficient (Wildman–Crippen LogP) is 2.50. The summed E-state index contributed by atoms with van der Waals surface area (Å²) in [4.78, 5) is 40.5. The number of hydrogen-bond acceptors (Lipinski definition) is 5. The number of rotatable bonds is 10. The minimum Gasteiger partial charge on any atom is -0.481 e. The molecule has 7 heteroatoms. The second-order valence-electron chi connectivity index (χ2n) is 10.1. The van der Waals surface area contributed by atoms with Crippen LogP contribution in [-0.2, 0) is 33.6 Å². The predicted molar refractivity (Wildman–Crippen MR) is 134 cm³/mol. The number of aryl methyl sites for hydroxylation is 1. The number of ketones is 1. The topological polar surface area (TPSA) is 127 Å². The van der Waals surface area contributed by atoms with Crippen molar-refractivity contribution in [2.75, 3.05) is 19.6 Å². The highest BCUT2D eigenvalue weighted by molar-refractivity contribution is 5.97. The van der Waals surface area contributed by atoms with Gasteiger partial charge < -0.3 is 21.5 Å². The van der Waals surface area contributed by atoms with Gasteiger partial charge >= 0.3 is 5.97 Å². The molecule has 4 atom stereocenters. The summed E-state index contributed by atoms with van der Waals surface area (Å²) in [5, 5.41) is 9.69. The monoisotopic (exact) mass is 477 g/mol. The number of nitrogens with zero attached hydrogens (tertiary/aromatic N) is 1. The summed E-state index contributed by atoms with van der Waals surface area (Å²) >= 11 is 0. The lowest BCUT2D eigenvalue weighted by atomic mass is 9.69. The van der Waals surface area contributed by atoms with Gasteiger partial charge in [-0.2, -0.15) is 0 Å². The molecule has 2 unspecified atom stereocenters. The maximum Gasteiger partial charge on any atom is 0.304 e. The third-order valence-electron chi connectivity index (χ3n) is 7.83. The van der Waals surface area contributed by atoms with Gasteiger partial charge in [0.15, 0.2) is 0 Å². The highest BCUT2D eigenvalue weighted by Gasteiger charge is 2.61. The van der Waals surface area contributed by atoms with Gasteiger partial charge in [-0.15, -0.1) is 0 Å². The maximum atomic E-state index is 13.9. The van der Waals surface area contributed by atoms with Crippen molar-refractivity contribution >= 4 is 17.7 Å². The number of nitrogens with two attached hydrogens (primary N) is 2. The van der Waals surface area contributed by atoms with Crippen LogP contribution in [-0.4, -0.2) is 47.3 Å². The Hall–Kier alpha value is -3.03. The number of hydrogen-bond donors (Lipinski definition) is 3. The van der Waals surface area contributed by atoms with Crippen LogP contribution in [0, 0.1) is 17.3 Å². The third kappa shape index (κ3) is 4.75. The Bertz CT molecular complexity index is 1100. The van der Waals surface area contributed by atoms with Crippen LogP contribution < -0.4 is 11.5 Å². The lowest BCUT2D eigenvalue weighted by molar-refractivity contribution is -0.148. The van der Waals surface area contributed by atoms with E-state index in [0.717, 1.165) is 24.8 Å². The molecule has 1 fully saturated rings. The van der Waals surface area contributed by atoms with E-state index in [1.165, 1.54) is 23.6 Å². The first-order valence-electron chi connectivity index (χ1n) is 12.4. The third-order valence-corrected chi connectivity index (χ3v) is 7.83. The van der Waals surface area contributed by atoms with Crippen molar-refractivity contribution in [3.05, 3.63) is 70.8 Å². The summed E-state index contributed by atoms with van der Waals surface area (Å²) in [5.74, 6) is -2.09. The van der Waals surface area contributed by atoms with Crippen molar-refractivity contribution in [2.45, 2.75) is 45.1 Å². The van der Waals surface area contributed by atoms with E-state index in [1.807, 2.05) is 36.4 Å². The fraction of sp³-hybridized carbons (Fsp3) is 0.464. The van der Waals surface area contributed by atoms with E-state index in [9.17, 15) is 19.5 Å². The molecule has 35 heavy (non-hydrogen) atoms. The number of amides is 1. The van der Waals surface area contributed by atoms with E-state index in [4.69, 9.17) is 11.5 Å². The number of likely N-dealkylation sites (tertiary alicyclic amines) is 1. The van der Waals surface area contributed by atoms with E-state index in [0.29, 0.717) is 25.4 Å². The highest BCUT2D eigenvalue weighted by atomic mass is 16.4. The van der Waals surface area contributed by atoms with Gasteiger partial charge in [0.1, 0.15) is 5.78 Å². The van der Waals surface area contributed by atoms with Gasteiger partial charge in [0, 0.05) is 13.1 Å². The molecule has 5 N–H and O–H groups in total. The van der Waals surface area contributed by atoms with Crippen molar-refractivity contribution in [2.24, 2.45) is 28.7 Å². The van der Waals surface area contributed by atoms with Crippen LogP contribution in [0.2, 0.25) is 0 Å². The molecular weight excluding hydrogens is 442 g/mol. The van der Waals surface area contributed by atoms with E-state index < -0.39 is 29.8 Å². The number of carbonyl (C=O) groups excluding carboxylic acids is 2. The quantitative estimate of drug-likeness (QED) is 0.483. The van der Waals surface area contributed by atoms with Gasteiger partial charge in [-0.25, -0.2) is 0 Å². The molecule has 0 saturated carbocycles. The largest absolute Gasteiger partial charge is 0.481 e. The molecule has 1 aliphatic carbocycles. The lowest BCUT2D eigenvalue weighted by Crippen LogP contribution is -2.46. The molecule has 1 heterocycles. The SMILES string of the molecule is CC(=O)C1[C@@H](c2ccc3c(c2)CC(CN)C3)N(CCCc2ccccc2)C(=O)[C@@]1(CN)CC(=O)O. The first-order valence-corrected chi connectivity index (χ1v) is 12.4. The Labute approximate surface area is 206 Å². The van der Waals surface area contributed by atoms with Crippen LogP contribution in [0.3, 0.4) is 0 Å². The second-order valence-corrected chi connectivity index (χ2v) is 10.1. The van der Waals surface area contributed by atoms with Crippen LogP contribution in [0.4, 0.5) is 0 Å². The van der Waals surface area contributed by atoms with E-state index >= 15 is 0 Å². The first kappa shape index (κ1) is 25.1. The molecule has 4 rings (SSSR count). The molecule has 1 saturated heterocycles. The van der Waals surface area contributed by atoms with Crippen molar-refractivity contribution in [1.29, 1.82) is 0 Å². The van der Waals surface area contributed by atoms with Gasteiger partial charge in [-0.1, -0.05) is 48.5 Å². The van der Waals surface area contributed by atoms with Crippen molar-refractivity contribution in [3.8, 4) is 0 Å². The zero-order valence-electron chi connectivity index (χ0n) is 20.3. The number of Topliss-reactive ketones (excluding diaryl/α,β-unsaturated/α-hetero) is 1. The molecule has 1 amide bonds. The standard InChI is InChI=1S/C28H35N3O4/c1-18(32)25-26(22-10-9-21-12-20(16-29)13-23(21)14-22)31(11-5-8-19-6-3-2-4-7-19)27(35)28(25,17-30)15-24(33)34/h2-4,6-7,9-10,14,20,25-26H,5,8,11-13,15-17,29-30H2,1H3,(H,33,34)/t20?,25?,26-,28-/m1/s1. The molecule has 0 aromatic heterocycles. The van der Waals surface area contributed by atoms with Crippen molar-refractivity contribution in [1.82, 2.24) is 4.90 Å². The van der Waals surface area contributed by atoms with Crippen LogP contribution in [0.25, 0.3) is 0 Å². The minimum atomic E-state index is -1.45. The number of aliphatic carboxylic acids is 1. The summed E-state index contributed by atoms with van der Waals surface area (Å²) in [6.07, 6.45) is 2.82. The van der Waals surface area contributed by atoms with Gasteiger partial charge in [0.05, 0.1) is 23.8 Å². The van der Waals surface area contributed by atoms with Crippen LogP contribution in [0.5, 0.6) is 0 Å². The minimum absolute atomic E-state index is 0.186. The number of benzene rings is 2. The second kappa shape index (κ2) is 10.3. The van der Waals surface area contributed by atoms with Crippen LogP contribution in [0.15, 0.2) is 48.5 Å². The number of fused-ring (bicyclic) bond motifs is 1. The van der Waals surface area contributed by atoms with Gasteiger partial charge in [0.2, 0.25) is 5.91 Å². The normalized spacial score (nSPS) is 25.6. The average molecular weight is 478 g/mol. The summed E-state index contributed by atoms with van der Waals surface area (Å²) in [6, 6.07) is 15.6. The van der Waals surface area contributed by atoms with Crippen molar-refractivity contribution in [3.63, 3.8) is 0 Å². The zero-order valence-corrected chi connectivity index (χ0v) is 20.3. The van der Waals surface area contributed by atoms with Crippen LogP contribution >= 0.6 is 0 Å². The fourth-order valence-corrected chi connectivity index (χ4v) is 6.17. The summed E-state index contributed by atoms with van der Waals surface area (Å²) in [5.41, 5.74) is 15.0. The Kier molecular flexibility index (Phi) is 7.38. The highest BCUT2D eigenvalue weighted by Crippen LogP contribution is 2.51. The molecule has 1 aliphatic heterocycles. The molecule has 0 spiro atoms. The number of carboxylic acid groups (broad SMARTS) is 1. The number of carbonyl (C=O) groups is 3. The molecule has 7 nitrogen and oxygen atoms in total. The smallest absolute Gasteiger partial charge is 0.304 e. The lowest BCUT2D eigenvalue weighted by Gasteiger charge is -2.30. The molecule has 186 valence electrons. The average Bonchev–Trinajstić information content (AvgIpc) is 3.36. The Balaban J connectivity index is 1.72. The zero-order chi connectivity index (χ0) is 25.2. The Morgan fingerprint density at radius 1 is 1.09 bits per heavy atom. The van der Waals surface area contributed by atoms with Crippen LogP contribution in [0.1, 0.15) is 48.1 Å². The summed E-state index contributed by atoms with van der Waals surface area (Å²) in [7, 11) is 0. The van der Waals surface area contributed by atoms with Gasteiger partial charge in [-0.3, -0.25) is 14.4 Å². The van der Waals surface area contributed by atoms with E-state index in [-0.39, 0.29) is 18.2 Å². The molecular formula is C28H35N3O4. The van der Waals surface area contributed by atoms with Gasteiger partial charge in [0.25, 0.3) is 0 Å².